The van der Waals surface area contributed by atoms with E-state index in [9.17, 15) is 13.6 Å². The van der Waals surface area contributed by atoms with Crippen LogP contribution in [0, 0.1) is 12.8 Å². The van der Waals surface area contributed by atoms with Crippen LogP contribution >= 0.6 is 11.3 Å². The Hall–Kier alpha value is -1.94. The van der Waals surface area contributed by atoms with Crippen LogP contribution in [0.4, 0.5) is 8.78 Å². The van der Waals surface area contributed by atoms with Crippen LogP contribution in [0.5, 0.6) is 0 Å². The second-order valence-electron chi connectivity index (χ2n) is 11.2. The first-order valence-corrected chi connectivity index (χ1v) is 14.3. The number of carbonyl (C=O) groups excluding carboxylic acids is 1. The number of halogens is 2. The number of hydrogen-bond donors (Lipinski definition) is 1. The number of carbonyl (C=O) groups is 1. The van der Waals surface area contributed by atoms with Crippen molar-refractivity contribution in [2.24, 2.45) is 5.92 Å². The Morgan fingerprint density at radius 3 is 2.44 bits per heavy atom. The van der Waals surface area contributed by atoms with Crippen molar-refractivity contribution >= 4 is 17.2 Å². The Morgan fingerprint density at radius 1 is 1.14 bits per heavy atom. The predicted octanol–water partition coefficient (Wildman–Crippen LogP) is 5.41. The van der Waals surface area contributed by atoms with Crippen molar-refractivity contribution in [3.63, 3.8) is 0 Å². The highest BCUT2D eigenvalue weighted by atomic mass is 32.1. The minimum Gasteiger partial charge on any atom is -0.347 e. The highest BCUT2D eigenvalue weighted by Gasteiger charge is 2.43. The van der Waals surface area contributed by atoms with Crippen LogP contribution in [-0.4, -0.2) is 55.1 Å². The van der Waals surface area contributed by atoms with E-state index in [2.05, 4.69) is 50.7 Å². The van der Waals surface area contributed by atoms with Gasteiger partial charge in [0, 0.05) is 60.9 Å². The lowest BCUT2D eigenvalue weighted by Crippen LogP contribution is -2.45. The number of aromatic nitrogens is 4. The molecule has 4 heterocycles. The van der Waals surface area contributed by atoms with E-state index in [-0.39, 0.29) is 43.6 Å². The standard InChI is InChI=1S/C26H38F2N6OS/c1-16(2)23-32-31-17(3)34(23)21-14-19-4-5-20(15-21)33(19)12-8-22(25-29-11-13-36-25)30-24(35)18-6-9-26(27,28)10-7-18/h11,13,16,18-22H,4-10,12,14-15H2,1-3H3,(H,30,35)/t19-,20+,21?,22-/m0/s1. The fourth-order valence-electron chi connectivity index (χ4n) is 6.59. The summed E-state index contributed by atoms with van der Waals surface area (Å²) in [5, 5.41) is 14.8. The molecular formula is C26H38F2N6OS. The Balaban J connectivity index is 1.22. The zero-order chi connectivity index (χ0) is 25.4. The van der Waals surface area contributed by atoms with Gasteiger partial charge in [-0.3, -0.25) is 9.69 Å². The van der Waals surface area contributed by atoms with Crippen LogP contribution in [0.25, 0.3) is 0 Å². The molecule has 2 aliphatic heterocycles. The molecule has 7 nitrogen and oxygen atoms in total. The highest BCUT2D eigenvalue weighted by molar-refractivity contribution is 7.09. The van der Waals surface area contributed by atoms with E-state index in [1.807, 2.05) is 5.38 Å². The lowest BCUT2D eigenvalue weighted by atomic mass is 9.86. The first kappa shape index (κ1) is 25.7. The van der Waals surface area contributed by atoms with Crippen molar-refractivity contribution in [3.8, 4) is 0 Å². The molecule has 4 atom stereocenters. The molecule has 1 saturated carbocycles. The molecule has 1 unspecified atom stereocenters. The van der Waals surface area contributed by atoms with E-state index in [1.54, 1.807) is 17.5 Å². The van der Waals surface area contributed by atoms with E-state index in [4.69, 9.17) is 0 Å². The number of nitrogens with one attached hydrogen (secondary N) is 1. The lowest BCUT2D eigenvalue weighted by molar-refractivity contribution is -0.130. The molecule has 2 aromatic heterocycles. The molecule has 0 aromatic carbocycles. The van der Waals surface area contributed by atoms with Crippen molar-refractivity contribution < 1.29 is 13.6 Å². The summed E-state index contributed by atoms with van der Waals surface area (Å²) in [7, 11) is 0. The largest absolute Gasteiger partial charge is 0.347 e. The average molecular weight is 521 g/mol. The second-order valence-corrected chi connectivity index (χ2v) is 12.2. The molecule has 1 N–H and O–H groups in total. The monoisotopic (exact) mass is 520 g/mol. The van der Waals surface area contributed by atoms with E-state index in [1.165, 1.54) is 12.8 Å². The van der Waals surface area contributed by atoms with E-state index < -0.39 is 5.92 Å². The van der Waals surface area contributed by atoms with Crippen LogP contribution in [-0.2, 0) is 4.79 Å². The molecule has 0 spiro atoms. The quantitative estimate of drug-likeness (QED) is 0.504. The van der Waals surface area contributed by atoms with Gasteiger partial charge >= 0.3 is 0 Å². The number of piperidine rings is 1. The van der Waals surface area contributed by atoms with Gasteiger partial charge in [-0.15, -0.1) is 21.5 Å². The maximum Gasteiger partial charge on any atom is 0.248 e. The smallest absolute Gasteiger partial charge is 0.248 e. The van der Waals surface area contributed by atoms with Gasteiger partial charge in [-0.25, -0.2) is 13.8 Å². The Morgan fingerprint density at radius 2 is 1.83 bits per heavy atom. The van der Waals surface area contributed by atoms with Gasteiger partial charge in [0.1, 0.15) is 16.7 Å². The van der Waals surface area contributed by atoms with Crippen molar-refractivity contribution in [1.82, 2.24) is 30.0 Å². The van der Waals surface area contributed by atoms with Gasteiger partial charge in [-0.05, 0) is 51.9 Å². The zero-order valence-corrected chi connectivity index (χ0v) is 22.3. The molecular weight excluding hydrogens is 482 g/mol. The molecule has 1 aliphatic carbocycles. The molecule has 3 aliphatic rings. The number of amides is 1. The van der Waals surface area contributed by atoms with Crippen molar-refractivity contribution in [3.05, 3.63) is 28.2 Å². The van der Waals surface area contributed by atoms with Crippen molar-refractivity contribution in [2.45, 2.75) is 115 Å². The molecule has 36 heavy (non-hydrogen) atoms. The van der Waals surface area contributed by atoms with Crippen LogP contribution in [0.15, 0.2) is 11.6 Å². The molecule has 0 radical (unpaired) electrons. The SMILES string of the molecule is Cc1nnc(C(C)C)n1C1C[C@H]2CC[C@@H](C1)N2CC[C@H](NC(=O)C1CCC(F)(F)CC1)c1nccs1. The number of rotatable bonds is 8. The molecule has 10 heteroatoms. The van der Waals surface area contributed by atoms with Crippen LogP contribution in [0.1, 0.15) is 106 Å². The van der Waals surface area contributed by atoms with E-state index >= 15 is 0 Å². The summed E-state index contributed by atoms with van der Waals surface area (Å²) < 4.78 is 29.5. The summed E-state index contributed by atoms with van der Waals surface area (Å²) in [5.41, 5.74) is 0. The second kappa shape index (κ2) is 10.4. The van der Waals surface area contributed by atoms with Crippen molar-refractivity contribution in [2.75, 3.05) is 6.54 Å². The van der Waals surface area contributed by atoms with Crippen molar-refractivity contribution in [1.29, 1.82) is 0 Å². The van der Waals surface area contributed by atoms with Gasteiger partial charge < -0.3 is 9.88 Å². The van der Waals surface area contributed by atoms with Crippen LogP contribution in [0.2, 0.25) is 0 Å². The number of nitrogens with zero attached hydrogens (tertiary/aromatic N) is 5. The number of aryl methyl sites for hydroxylation is 1. The van der Waals surface area contributed by atoms with Gasteiger partial charge in [0.2, 0.25) is 11.8 Å². The maximum atomic E-state index is 13.6. The lowest BCUT2D eigenvalue weighted by Gasteiger charge is -2.40. The fraction of sp³-hybridized carbons (Fsp3) is 0.769. The Kier molecular flexibility index (Phi) is 7.45. The summed E-state index contributed by atoms with van der Waals surface area (Å²) in [6, 6.07) is 1.29. The zero-order valence-electron chi connectivity index (χ0n) is 21.5. The fourth-order valence-corrected chi connectivity index (χ4v) is 7.31. The van der Waals surface area contributed by atoms with Crippen LogP contribution < -0.4 is 5.32 Å². The van der Waals surface area contributed by atoms with E-state index in [0.717, 1.165) is 42.5 Å². The summed E-state index contributed by atoms with van der Waals surface area (Å²) in [6.07, 6.45) is 7.24. The topological polar surface area (TPSA) is 75.9 Å². The van der Waals surface area contributed by atoms with Gasteiger partial charge in [0.25, 0.3) is 0 Å². The normalized spacial score (nSPS) is 27.4. The molecule has 3 fully saturated rings. The minimum atomic E-state index is -2.63. The molecule has 5 rings (SSSR count). The molecule has 2 bridgehead atoms. The highest BCUT2D eigenvalue weighted by Crippen LogP contribution is 2.42. The number of hydrogen-bond acceptors (Lipinski definition) is 6. The van der Waals surface area contributed by atoms with Crippen LogP contribution in [0.3, 0.4) is 0 Å². The molecule has 1 amide bonds. The number of thiazole rings is 1. The Labute approximate surface area is 216 Å². The van der Waals surface area contributed by atoms with E-state index in [0.29, 0.717) is 24.0 Å². The molecule has 198 valence electrons. The average Bonchev–Trinajstić information content (AvgIpc) is 3.55. The summed E-state index contributed by atoms with van der Waals surface area (Å²) >= 11 is 1.55. The minimum absolute atomic E-state index is 0.100. The van der Waals surface area contributed by atoms with Gasteiger partial charge in [0.15, 0.2) is 0 Å². The first-order valence-electron chi connectivity index (χ1n) is 13.5. The predicted molar refractivity (Wildman–Crippen MR) is 135 cm³/mol. The summed E-state index contributed by atoms with van der Waals surface area (Å²) in [5.74, 6) is -0.628. The Bertz CT molecular complexity index is 1020. The molecule has 2 aromatic rings. The summed E-state index contributed by atoms with van der Waals surface area (Å²) in [4.78, 5) is 20.1. The third-order valence-corrected chi connectivity index (χ3v) is 9.35. The van der Waals surface area contributed by atoms with Gasteiger partial charge in [-0.2, -0.15) is 0 Å². The number of alkyl halides is 2. The van der Waals surface area contributed by atoms with Gasteiger partial charge in [-0.1, -0.05) is 13.8 Å². The first-order chi connectivity index (χ1) is 17.2. The third kappa shape index (κ3) is 5.35. The van der Waals surface area contributed by atoms with Gasteiger partial charge in [0.05, 0.1) is 6.04 Å². The summed E-state index contributed by atoms with van der Waals surface area (Å²) in [6.45, 7) is 7.31. The number of fused-ring (bicyclic) bond motifs is 2. The maximum absolute atomic E-state index is 13.6. The molecule has 2 saturated heterocycles. The third-order valence-electron chi connectivity index (χ3n) is 8.46.